The number of nitrogens with one attached hydrogen (secondary N) is 4. The van der Waals surface area contributed by atoms with Gasteiger partial charge >= 0.3 is 6.03 Å². The highest BCUT2D eigenvalue weighted by Crippen LogP contribution is 2.31. The van der Waals surface area contributed by atoms with Crippen LogP contribution in [-0.4, -0.2) is 38.7 Å². The minimum absolute atomic E-state index is 0. The molecule has 1 fully saturated rings. The molecule has 0 radical (unpaired) electrons. The largest absolute Gasteiger partial charge is 0.384 e. The van der Waals surface area contributed by atoms with E-state index in [9.17, 15) is 9.59 Å². The minimum atomic E-state index is -0.507. The Bertz CT molecular complexity index is 788. The highest BCUT2D eigenvalue weighted by molar-refractivity contribution is 6.00. The van der Waals surface area contributed by atoms with Crippen LogP contribution < -0.4 is 21.3 Å². The fourth-order valence-corrected chi connectivity index (χ4v) is 3.33. The van der Waals surface area contributed by atoms with Gasteiger partial charge in [-0.2, -0.15) is 0 Å². The zero-order chi connectivity index (χ0) is 19.8. The van der Waals surface area contributed by atoms with Gasteiger partial charge in [0.1, 0.15) is 0 Å². The van der Waals surface area contributed by atoms with Gasteiger partial charge in [0.05, 0.1) is 12.0 Å². The van der Waals surface area contributed by atoms with Crippen LogP contribution in [0.4, 0.5) is 21.9 Å². The smallest absolute Gasteiger partial charge is 0.323 e. The van der Waals surface area contributed by atoms with Gasteiger partial charge in [0.25, 0.3) is 0 Å². The zero-order valence-corrected chi connectivity index (χ0v) is 17.2. The average Bonchev–Trinajstić information content (AvgIpc) is 2.71. The van der Waals surface area contributed by atoms with Gasteiger partial charge in [0.2, 0.25) is 5.91 Å². The van der Waals surface area contributed by atoms with Crippen LogP contribution in [0, 0.1) is 5.41 Å². The van der Waals surface area contributed by atoms with Crippen LogP contribution in [0.5, 0.6) is 0 Å². The van der Waals surface area contributed by atoms with Crippen LogP contribution >= 0.6 is 12.4 Å². The van der Waals surface area contributed by atoms with Crippen molar-refractivity contribution in [2.45, 2.75) is 12.8 Å². The third-order valence-corrected chi connectivity index (χ3v) is 4.90. The summed E-state index contributed by atoms with van der Waals surface area (Å²) in [5.74, 6) is -0.0293. The van der Waals surface area contributed by atoms with Crippen molar-refractivity contribution in [3.05, 3.63) is 54.6 Å². The summed E-state index contributed by atoms with van der Waals surface area (Å²) in [6, 6.07) is 16.0. The summed E-state index contributed by atoms with van der Waals surface area (Å²) in [5, 5.41) is 11.8. The number of anilines is 3. The zero-order valence-electron chi connectivity index (χ0n) is 16.4. The maximum absolute atomic E-state index is 12.8. The molecule has 1 saturated heterocycles. The molecule has 1 aliphatic rings. The second-order valence-corrected chi connectivity index (χ2v) is 6.94. The van der Waals surface area contributed by atoms with Gasteiger partial charge in [-0.05, 0) is 62.3 Å². The average molecular weight is 419 g/mol. The second kappa shape index (κ2) is 10.8. The number of ether oxygens (including phenoxy) is 1. The monoisotopic (exact) mass is 418 g/mol. The SMILES string of the molecule is COCC1(C(=O)Nc2ccc(NC(=O)Nc3ccccc3)cc2)CCNCC1.Cl. The maximum Gasteiger partial charge on any atom is 0.323 e. The normalized spacial score (nSPS) is 14.9. The second-order valence-electron chi connectivity index (χ2n) is 6.94. The lowest BCUT2D eigenvalue weighted by Gasteiger charge is -2.35. The van der Waals surface area contributed by atoms with Gasteiger partial charge in [-0.3, -0.25) is 4.79 Å². The molecule has 156 valence electrons. The van der Waals surface area contributed by atoms with E-state index >= 15 is 0 Å². The third kappa shape index (κ3) is 6.19. The number of halogens is 1. The number of carbonyl (C=O) groups is 2. The van der Waals surface area contributed by atoms with Crippen LogP contribution in [0.25, 0.3) is 0 Å². The number of benzene rings is 2. The third-order valence-electron chi connectivity index (χ3n) is 4.90. The minimum Gasteiger partial charge on any atom is -0.384 e. The van der Waals surface area contributed by atoms with Gasteiger partial charge in [-0.25, -0.2) is 4.79 Å². The molecule has 2 aromatic carbocycles. The molecule has 7 nitrogen and oxygen atoms in total. The van der Waals surface area contributed by atoms with Crippen LogP contribution in [-0.2, 0) is 9.53 Å². The predicted octanol–water partition coefficient (Wildman–Crippen LogP) is 3.71. The molecule has 0 spiro atoms. The first-order valence-electron chi connectivity index (χ1n) is 9.35. The molecule has 1 aliphatic heterocycles. The van der Waals surface area contributed by atoms with E-state index in [2.05, 4.69) is 21.3 Å². The number of carbonyl (C=O) groups excluding carboxylic acids is 2. The summed E-state index contributed by atoms with van der Waals surface area (Å²) in [6.07, 6.45) is 1.48. The first-order chi connectivity index (χ1) is 13.6. The van der Waals surface area contributed by atoms with Crippen LogP contribution in [0.3, 0.4) is 0 Å². The first-order valence-corrected chi connectivity index (χ1v) is 9.35. The number of hydrogen-bond donors (Lipinski definition) is 4. The molecule has 3 amide bonds. The predicted molar refractivity (Wildman–Crippen MR) is 118 cm³/mol. The van der Waals surface area contributed by atoms with E-state index in [-0.39, 0.29) is 24.3 Å². The molecule has 0 saturated carbocycles. The molecule has 3 rings (SSSR count). The van der Waals surface area contributed by atoms with Crippen molar-refractivity contribution in [1.82, 2.24) is 5.32 Å². The molecule has 0 aliphatic carbocycles. The van der Waals surface area contributed by atoms with Gasteiger partial charge < -0.3 is 26.0 Å². The molecule has 0 unspecified atom stereocenters. The fourth-order valence-electron chi connectivity index (χ4n) is 3.33. The number of hydrogen-bond acceptors (Lipinski definition) is 4. The lowest BCUT2D eigenvalue weighted by Crippen LogP contribution is -2.47. The molecule has 4 N–H and O–H groups in total. The molecule has 0 aromatic heterocycles. The summed E-state index contributed by atoms with van der Waals surface area (Å²) in [4.78, 5) is 24.9. The summed E-state index contributed by atoms with van der Waals surface area (Å²) < 4.78 is 5.31. The quantitative estimate of drug-likeness (QED) is 0.575. The highest BCUT2D eigenvalue weighted by atomic mass is 35.5. The van der Waals surface area contributed by atoms with Crippen LogP contribution in [0.1, 0.15) is 12.8 Å². The number of urea groups is 1. The summed E-state index contributed by atoms with van der Waals surface area (Å²) in [6.45, 7) is 2.01. The Balaban J connectivity index is 0.00000300. The van der Waals surface area contributed by atoms with Crippen molar-refractivity contribution in [2.75, 3.05) is 42.8 Å². The highest BCUT2D eigenvalue weighted by Gasteiger charge is 2.39. The lowest BCUT2D eigenvalue weighted by molar-refractivity contribution is -0.130. The van der Waals surface area contributed by atoms with E-state index in [0.717, 1.165) is 25.9 Å². The topological polar surface area (TPSA) is 91.5 Å². The van der Waals surface area contributed by atoms with E-state index in [1.54, 1.807) is 31.4 Å². The Morgan fingerprint density at radius 1 is 0.897 bits per heavy atom. The van der Waals surface area contributed by atoms with E-state index in [0.29, 0.717) is 23.7 Å². The van der Waals surface area contributed by atoms with E-state index < -0.39 is 5.41 Å². The number of rotatable bonds is 6. The summed E-state index contributed by atoms with van der Waals surface area (Å²) >= 11 is 0. The first kappa shape index (κ1) is 22.7. The maximum atomic E-state index is 12.8. The Hall–Kier alpha value is -2.61. The molecule has 2 aromatic rings. The molecular weight excluding hydrogens is 392 g/mol. The molecule has 8 heteroatoms. The Kier molecular flexibility index (Phi) is 8.45. The number of para-hydroxylation sites is 1. The number of methoxy groups -OCH3 is 1. The Morgan fingerprint density at radius 2 is 1.41 bits per heavy atom. The Morgan fingerprint density at radius 3 is 1.97 bits per heavy atom. The Labute approximate surface area is 177 Å². The fraction of sp³-hybridized carbons (Fsp3) is 0.333. The van der Waals surface area contributed by atoms with Gasteiger partial charge in [-0.1, -0.05) is 18.2 Å². The van der Waals surface area contributed by atoms with Crippen molar-refractivity contribution >= 4 is 41.4 Å². The number of piperidine rings is 1. The van der Waals surface area contributed by atoms with Crippen molar-refractivity contribution in [1.29, 1.82) is 0 Å². The van der Waals surface area contributed by atoms with E-state index in [1.165, 1.54) is 0 Å². The molecule has 1 heterocycles. The number of amides is 3. The lowest BCUT2D eigenvalue weighted by atomic mass is 9.78. The standard InChI is InChI=1S/C21H26N4O3.ClH/c1-28-15-21(11-13-22-14-12-21)19(26)23-17-7-9-18(10-8-17)25-20(27)24-16-5-3-2-4-6-16;/h2-10,22H,11-15H2,1H3,(H,23,26)(H2,24,25,27);1H. The van der Waals surface area contributed by atoms with Crippen molar-refractivity contribution in [3.63, 3.8) is 0 Å². The van der Waals surface area contributed by atoms with Crippen molar-refractivity contribution in [2.24, 2.45) is 5.41 Å². The van der Waals surface area contributed by atoms with Crippen molar-refractivity contribution in [3.8, 4) is 0 Å². The van der Waals surface area contributed by atoms with E-state index in [4.69, 9.17) is 4.74 Å². The van der Waals surface area contributed by atoms with E-state index in [1.807, 2.05) is 30.3 Å². The molecule has 0 atom stereocenters. The van der Waals surface area contributed by atoms with Gasteiger partial charge in [-0.15, -0.1) is 12.4 Å². The summed E-state index contributed by atoms with van der Waals surface area (Å²) in [5.41, 5.74) is 1.54. The molecular formula is C21H27ClN4O3. The van der Waals surface area contributed by atoms with Crippen LogP contribution in [0.15, 0.2) is 54.6 Å². The molecule has 0 bridgehead atoms. The summed E-state index contributed by atoms with van der Waals surface area (Å²) in [7, 11) is 1.62. The van der Waals surface area contributed by atoms with Crippen LogP contribution in [0.2, 0.25) is 0 Å². The van der Waals surface area contributed by atoms with Gasteiger partial charge in [0, 0.05) is 24.2 Å². The van der Waals surface area contributed by atoms with Crippen molar-refractivity contribution < 1.29 is 14.3 Å². The molecule has 29 heavy (non-hydrogen) atoms. The van der Waals surface area contributed by atoms with Gasteiger partial charge in [0.15, 0.2) is 0 Å².